The minimum atomic E-state index is -0.699. The standard InChI is InChI=1S/C18H18F2N2O2/c1-3-16-17-13(6-9(2)24-16)12(8-15(22-17)18(21)23)11-5-4-10(19)7-14(11)20/h4-5,7-9,16H,3,6H2,1-2H3,(H2,21,23)/t9-,16+/m0/s1. The van der Waals surface area contributed by atoms with Crippen LogP contribution in [0, 0.1) is 11.6 Å². The van der Waals surface area contributed by atoms with Crippen molar-refractivity contribution in [3.05, 3.63) is 52.9 Å². The molecule has 1 aromatic heterocycles. The maximum absolute atomic E-state index is 14.3. The minimum absolute atomic E-state index is 0.0454. The summed E-state index contributed by atoms with van der Waals surface area (Å²) in [7, 11) is 0. The van der Waals surface area contributed by atoms with Gasteiger partial charge in [0, 0.05) is 18.1 Å². The van der Waals surface area contributed by atoms with Crippen molar-refractivity contribution in [3.8, 4) is 11.1 Å². The number of rotatable bonds is 3. The molecule has 126 valence electrons. The van der Waals surface area contributed by atoms with E-state index in [1.807, 2.05) is 13.8 Å². The average Bonchev–Trinajstić information content (AvgIpc) is 2.53. The number of halogens is 2. The Labute approximate surface area is 138 Å². The lowest BCUT2D eigenvalue weighted by Crippen LogP contribution is -2.27. The average molecular weight is 332 g/mol. The Hall–Kier alpha value is -2.34. The third-order valence-electron chi connectivity index (χ3n) is 4.19. The molecular formula is C18H18F2N2O2. The van der Waals surface area contributed by atoms with Crippen molar-refractivity contribution in [2.75, 3.05) is 0 Å². The fraction of sp³-hybridized carbons (Fsp3) is 0.333. The van der Waals surface area contributed by atoms with Crippen LogP contribution in [0.2, 0.25) is 0 Å². The molecular weight excluding hydrogens is 314 g/mol. The van der Waals surface area contributed by atoms with Gasteiger partial charge in [0.05, 0.1) is 17.9 Å². The number of nitrogens with two attached hydrogens (primary N) is 1. The van der Waals surface area contributed by atoms with Gasteiger partial charge >= 0.3 is 0 Å². The van der Waals surface area contributed by atoms with Crippen molar-refractivity contribution in [1.29, 1.82) is 0 Å². The molecule has 1 aromatic carbocycles. The predicted octanol–water partition coefficient (Wildman–Crippen LogP) is 3.54. The van der Waals surface area contributed by atoms with Gasteiger partial charge in [-0.2, -0.15) is 0 Å². The first-order chi connectivity index (χ1) is 11.4. The largest absolute Gasteiger partial charge is 0.369 e. The fourth-order valence-electron chi connectivity index (χ4n) is 3.12. The normalized spacial score (nSPS) is 19.8. The fourth-order valence-corrected chi connectivity index (χ4v) is 3.12. The number of amides is 1. The van der Waals surface area contributed by atoms with Crippen LogP contribution in [0.4, 0.5) is 8.78 Å². The summed E-state index contributed by atoms with van der Waals surface area (Å²) in [5, 5.41) is 0. The van der Waals surface area contributed by atoms with Crippen LogP contribution in [-0.4, -0.2) is 17.0 Å². The third kappa shape index (κ3) is 2.89. The molecule has 0 spiro atoms. The number of carbonyl (C=O) groups excluding carboxylic acids is 1. The second kappa shape index (κ2) is 6.28. The number of aromatic nitrogens is 1. The van der Waals surface area contributed by atoms with E-state index in [4.69, 9.17) is 10.5 Å². The number of nitrogens with zero attached hydrogens (tertiary/aromatic N) is 1. The SMILES string of the molecule is CC[C@H]1O[C@@H](C)Cc2c(-c3ccc(F)cc3F)cc(C(N)=O)nc21. The van der Waals surface area contributed by atoms with Gasteiger partial charge < -0.3 is 10.5 Å². The third-order valence-corrected chi connectivity index (χ3v) is 4.19. The zero-order valence-electron chi connectivity index (χ0n) is 13.5. The van der Waals surface area contributed by atoms with E-state index in [9.17, 15) is 13.6 Å². The lowest BCUT2D eigenvalue weighted by molar-refractivity contribution is -0.0199. The second-order valence-electron chi connectivity index (χ2n) is 5.95. The topological polar surface area (TPSA) is 65.2 Å². The highest BCUT2D eigenvalue weighted by Gasteiger charge is 2.30. The van der Waals surface area contributed by atoms with E-state index in [1.54, 1.807) is 0 Å². The molecule has 2 atom stereocenters. The Morgan fingerprint density at radius 2 is 2.08 bits per heavy atom. The van der Waals surface area contributed by atoms with Crippen molar-refractivity contribution >= 4 is 5.91 Å². The zero-order valence-corrected chi connectivity index (χ0v) is 13.5. The minimum Gasteiger partial charge on any atom is -0.369 e. The van der Waals surface area contributed by atoms with Crippen molar-refractivity contribution in [2.45, 2.75) is 38.9 Å². The molecule has 1 aliphatic rings. The second-order valence-corrected chi connectivity index (χ2v) is 5.95. The van der Waals surface area contributed by atoms with E-state index in [0.29, 0.717) is 24.1 Å². The Balaban J connectivity index is 2.28. The number of ether oxygens (including phenoxy) is 1. The monoisotopic (exact) mass is 332 g/mol. The summed E-state index contributed by atoms with van der Waals surface area (Å²) >= 11 is 0. The van der Waals surface area contributed by atoms with E-state index in [1.165, 1.54) is 18.2 Å². The molecule has 0 saturated heterocycles. The Kier molecular flexibility index (Phi) is 4.32. The van der Waals surface area contributed by atoms with Gasteiger partial charge in [0.1, 0.15) is 17.3 Å². The lowest BCUT2D eigenvalue weighted by atomic mass is 9.89. The van der Waals surface area contributed by atoms with E-state index in [-0.39, 0.29) is 23.5 Å². The lowest BCUT2D eigenvalue weighted by Gasteiger charge is -2.31. The van der Waals surface area contributed by atoms with E-state index >= 15 is 0 Å². The van der Waals surface area contributed by atoms with Gasteiger partial charge in [-0.25, -0.2) is 13.8 Å². The molecule has 2 heterocycles. The van der Waals surface area contributed by atoms with Crippen LogP contribution in [0.15, 0.2) is 24.3 Å². The molecule has 0 saturated carbocycles. The molecule has 0 fully saturated rings. The van der Waals surface area contributed by atoms with Crippen molar-refractivity contribution in [2.24, 2.45) is 5.73 Å². The molecule has 2 aromatic rings. The van der Waals surface area contributed by atoms with Crippen molar-refractivity contribution in [3.63, 3.8) is 0 Å². The summed E-state index contributed by atoms with van der Waals surface area (Å²) in [6, 6.07) is 4.86. The van der Waals surface area contributed by atoms with Crippen LogP contribution in [0.25, 0.3) is 11.1 Å². The van der Waals surface area contributed by atoms with Crippen LogP contribution < -0.4 is 5.73 Å². The van der Waals surface area contributed by atoms with Crippen LogP contribution in [0.5, 0.6) is 0 Å². The number of hydrogen-bond donors (Lipinski definition) is 1. The Morgan fingerprint density at radius 3 is 2.71 bits per heavy atom. The maximum Gasteiger partial charge on any atom is 0.267 e. The van der Waals surface area contributed by atoms with Crippen LogP contribution >= 0.6 is 0 Å². The molecule has 0 radical (unpaired) electrons. The summed E-state index contributed by atoms with van der Waals surface area (Å²) in [6.07, 6.45) is 0.846. The van der Waals surface area contributed by atoms with Gasteiger partial charge in [0.15, 0.2) is 0 Å². The highest BCUT2D eigenvalue weighted by atomic mass is 19.1. The number of hydrogen-bond acceptors (Lipinski definition) is 3. The molecule has 24 heavy (non-hydrogen) atoms. The molecule has 4 nitrogen and oxygen atoms in total. The first kappa shape index (κ1) is 16.5. The molecule has 2 N–H and O–H groups in total. The first-order valence-electron chi connectivity index (χ1n) is 7.85. The quantitative estimate of drug-likeness (QED) is 0.935. The summed E-state index contributed by atoms with van der Waals surface area (Å²) in [5.41, 5.74) is 7.58. The van der Waals surface area contributed by atoms with Crippen molar-refractivity contribution in [1.82, 2.24) is 4.98 Å². The first-order valence-corrected chi connectivity index (χ1v) is 7.85. The Morgan fingerprint density at radius 1 is 1.33 bits per heavy atom. The highest BCUT2D eigenvalue weighted by molar-refractivity contribution is 5.92. The summed E-state index contributed by atoms with van der Waals surface area (Å²) < 4.78 is 33.4. The number of pyridine rings is 1. The van der Waals surface area contributed by atoms with E-state index in [2.05, 4.69) is 4.98 Å². The van der Waals surface area contributed by atoms with Crippen molar-refractivity contribution < 1.29 is 18.3 Å². The molecule has 0 bridgehead atoms. The summed E-state index contributed by atoms with van der Waals surface area (Å²) in [4.78, 5) is 16.0. The van der Waals surface area contributed by atoms with E-state index < -0.39 is 17.5 Å². The summed E-state index contributed by atoms with van der Waals surface area (Å²) in [6.45, 7) is 3.88. The summed E-state index contributed by atoms with van der Waals surface area (Å²) in [5.74, 6) is -2.04. The number of primary amides is 1. The highest BCUT2D eigenvalue weighted by Crippen LogP contribution is 2.38. The van der Waals surface area contributed by atoms with Gasteiger partial charge in [0.25, 0.3) is 5.91 Å². The van der Waals surface area contributed by atoms with E-state index in [0.717, 1.165) is 11.6 Å². The zero-order chi connectivity index (χ0) is 17.4. The maximum atomic E-state index is 14.3. The molecule has 6 heteroatoms. The van der Waals surface area contributed by atoms with Gasteiger partial charge in [-0.15, -0.1) is 0 Å². The van der Waals surface area contributed by atoms with Crippen LogP contribution in [-0.2, 0) is 11.2 Å². The van der Waals surface area contributed by atoms with Crippen LogP contribution in [0.3, 0.4) is 0 Å². The number of fused-ring (bicyclic) bond motifs is 1. The van der Waals surface area contributed by atoms with Gasteiger partial charge in [-0.05, 0) is 42.7 Å². The predicted molar refractivity (Wildman–Crippen MR) is 85.4 cm³/mol. The smallest absolute Gasteiger partial charge is 0.267 e. The number of carbonyl (C=O) groups is 1. The number of benzene rings is 1. The molecule has 0 aliphatic carbocycles. The molecule has 3 rings (SSSR count). The molecule has 1 aliphatic heterocycles. The van der Waals surface area contributed by atoms with Gasteiger partial charge in [0.2, 0.25) is 0 Å². The molecule has 1 amide bonds. The van der Waals surface area contributed by atoms with Gasteiger partial charge in [-0.3, -0.25) is 4.79 Å². The van der Waals surface area contributed by atoms with Gasteiger partial charge in [-0.1, -0.05) is 6.92 Å². The molecule has 0 unspecified atom stereocenters. The Bertz CT molecular complexity index is 808. The van der Waals surface area contributed by atoms with Crippen LogP contribution in [0.1, 0.15) is 48.1 Å².